The van der Waals surface area contributed by atoms with Crippen molar-refractivity contribution in [2.75, 3.05) is 6.61 Å². The number of carbonyl (C=O) groups excluding carboxylic acids is 4. The number of carbonyl (C=O) groups is 4. The lowest BCUT2D eigenvalue weighted by atomic mass is 9.83. The highest BCUT2D eigenvalue weighted by molar-refractivity contribution is 6.41. The molecule has 1 aliphatic carbocycles. The molecule has 3 aromatic carbocycles. The zero-order valence-corrected chi connectivity index (χ0v) is 17.8. The quantitative estimate of drug-likeness (QED) is 0.464. The van der Waals surface area contributed by atoms with E-state index in [9.17, 15) is 19.2 Å². The maximum Gasteiger partial charge on any atom is 0.340 e. The third-order valence-electron chi connectivity index (χ3n) is 5.26. The van der Waals surface area contributed by atoms with Gasteiger partial charge >= 0.3 is 5.97 Å². The molecule has 0 saturated heterocycles. The van der Waals surface area contributed by atoms with Gasteiger partial charge < -0.3 is 10.1 Å². The van der Waals surface area contributed by atoms with Crippen LogP contribution in [0.4, 0.5) is 0 Å². The fourth-order valence-corrected chi connectivity index (χ4v) is 3.95. The van der Waals surface area contributed by atoms with E-state index in [1.807, 2.05) is 37.3 Å². The Morgan fingerprint density at radius 2 is 1.50 bits per heavy atom. The van der Waals surface area contributed by atoms with Crippen LogP contribution in [0.1, 0.15) is 60.7 Å². The molecular weight excluding hydrogens is 430 g/mol. The Morgan fingerprint density at radius 1 is 0.875 bits per heavy atom. The molecule has 7 heteroatoms. The Labute approximate surface area is 189 Å². The first-order valence-corrected chi connectivity index (χ1v) is 10.3. The number of ether oxygens (including phenoxy) is 1. The van der Waals surface area contributed by atoms with Crippen LogP contribution in [0.3, 0.4) is 0 Å². The molecule has 1 aliphatic rings. The van der Waals surface area contributed by atoms with Crippen LogP contribution >= 0.6 is 11.6 Å². The van der Waals surface area contributed by atoms with Gasteiger partial charge in [0.1, 0.15) is 0 Å². The second kappa shape index (κ2) is 8.77. The first kappa shape index (κ1) is 21.5. The van der Waals surface area contributed by atoms with Gasteiger partial charge in [-0.05, 0) is 24.6 Å². The third kappa shape index (κ3) is 3.92. The minimum atomic E-state index is -0.862. The Kier molecular flexibility index (Phi) is 5.88. The standard InChI is InChI=1S/C25H18ClNO5/c1-14(15-7-3-2-4-8-15)27-20(28)13-32-25(31)19-12-11-18-21(22(19)26)24(30)17-10-6-5-9-16(17)23(18)29/h2-12,14H,13H2,1H3,(H,27,28). The van der Waals surface area contributed by atoms with Crippen molar-refractivity contribution in [3.8, 4) is 0 Å². The molecule has 0 aromatic heterocycles. The molecule has 160 valence electrons. The molecule has 0 radical (unpaired) electrons. The van der Waals surface area contributed by atoms with Crippen molar-refractivity contribution in [1.29, 1.82) is 0 Å². The predicted molar refractivity (Wildman–Crippen MR) is 118 cm³/mol. The maximum absolute atomic E-state index is 12.9. The monoisotopic (exact) mass is 447 g/mol. The van der Waals surface area contributed by atoms with Crippen LogP contribution in [-0.2, 0) is 9.53 Å². The second-order valence-corrected chi connectivity index (χ2v) is 7.71. The summed E-state index contributed by atoms with van der Waals surface area (Å²) < 4.78 is 5.10. The van der Waals surface area contributed by atoms with Gasteiger partial charge in [-0.15, -0.1) is 0 Å². The third-order valence-corrected chi connectivity index (χ3v) is 5.65. The molecule has 3 aromatic rings. The molecule has 1 unspecified atom stereocenters. The summed E-state index contributed by atoms with van der Waals surface area (Å²) in [7, 11) is 0. The van der Waals surface area contributed by atoms with Crippen molar-refractivity contribution < 1.29 is 23.9 Å². The van der Waals surface area contributed by atoms with Crippen molar-refractivity contribution in [2.45, 2.75) is 13.0 Å². The summed E-state index contributed by atoms with van der Waals surface area (Å²) in [5, 5.41) is 2.58. The number of fused-ring (bicyclic) bond motifs is 2. The average molecular weight is 448 g/mol. The number of hydrogen-bond acceptors (Lipinski definition) is 5. The first-order valence-electron chi connectivity index (χ1n) is 9.91. The van der Waals surface area contributed by atoms with Gasteiger partial charge in [-0.3, -0.25) is 14.4 Å². The molecule has 0 saturated carbocycles. The van der Waals surface area contributed by atoms with E-state index in [1.54, 1.807) is 18.2 Å². The number of hydrogen-bond donors (Lipinski definition) is 1. The minimum absolute atomic E-state index is 0.0352. The number of amides is 1. The molecule has 0 heterocycles. The topological polar surface area (TPSA) is 89.5 Å². The van der Waals surface area contributed by atoms with Crippen LogP contribution in [0.15, 0.2) is 66.7 Å². The molecule has 1 atom stereocenters. The van der Waals surface area contributed by atoms with Crippen LogP contribution in [0, 0.1) is 0 Å². The maximum atomic E-state index is 12.9. The predicted octanol–water partition coefficient (Wildman–Crippen LogP) is 4.15. The first-order chi connectivity index (χ1) is 15.4. The lowest BCUT2D eigenvalue weighted by molar-refractivity contribution is -0.124. The summed E-state index contributed by atoms with van der Waals surface area (Å²) in [4.78, 5) is 50.4. The number of ketones is 2. The molecule has 4 rings (SSSR count). The number of rotatable bonds is 5. The van der Waals surface area contributed by atoms with Crippen molar-refractivity contribution in [3.63, 3.8) is 0 Å². The summed E-state index contributed by atoms with van der Waals surface area (Å²) >= 11 is 6.35. The van der Waals surface area contributed by atoms with Gasteiger partial charge in [-0.25, -0.2) is 4.79 Å². The van der Waals surface area contributed by atoms with E-state index in [0.717, 1.165) is 5.56 Å². The van der Waals surface area contributed by atoms with E-state index in [-0.39, 0.29) is 39.1 Å². The SMILES string of the molecule is CC(NC(=O)COC(=O)c1ccc2c(c1Cl)C(=O)c1ccccc1C2=O)c1ccccc1. The largest absolute Gasteiger partial charge is 0.452 e. The van der Waals surface area contributed by atoms with E-state index < -0.39 is 24.3 Å². The van der Waals surface area contributed by atoms with Gasteiger partial charge in [-0.2, -0.15) is 0 Å². The molecule has 32 heavy (non-hydrogen) atoms. The second-order valence-electron chi connectivity index (χ2n) is 7.33. The van der Waals surface area contributed by atoms with Crippen molar-refractivity contribution in [3.05, 3.63) is 105 Å². The Bertz CT molecular complexity index is 1250. The lowest BCUT2D eigenvalue weighted by Crippen LogP contribution is -2.31. The van der Waals surface area contributed by atoms with Crippen LogP contribution < -0.4 is 5.32 Å². The fourth-order valence-electron chi connectivity index (χ4n) is 3.62. The Balaban J connectivity index is 1.49. The molecule has 1 N–H and O–H groups in total. The summed E-state index contributed by atoms with van der Waals surface area (Å²) in [5.41, 5.74) is 1.44. The molecule has 1 amide bonds. The summed E-state index contributed by atoms with van der Waals surface area (Å²) in [6.45, 7) is 1.30. The van der Waals surface area contributed by atoms with Crippen molar-refractivity contribution in [2.24, 2.45) is 0 Å². The summed E-state index contributed by atoms with van der Waals surface area (Å²) in [6, 6.07) is 18.2. The molecule has 0 spiro atoms. The van der Waals surface area contributed by atoms with Gasteiger partial charge in [0.25, 0.3) is 5.91 Å². The lowest BCUT2D eigenvalue weighted by Gasteiger charge is -2.19. The van der Waals surface area contributed by atoms with Gasteiger partial charge in [0, 0.05) is 16.7 Å². The van der Waals surface area contributed by atoms with Crippen LogP contribution in [0.5, 0.6) is 0 Å². The van der Waals surface area contributed by atoms with Gasteiger partial charge in [0.15, 0.2) is 18.2 Å². The van der Waals surface area contributed by atoms with Gasteiger partial charge in [-0.1, -0.05) is 66.2 Å². The highest BCUT2D eigenvalue weighted by atomic mass is 35.5. The Morgan fingerprint density at radius 3 is 2.19 bits per heavy atom. The van der Waals surface area contributed by atoms with Gasteiger partial charge in [0.05, 0.1) is 22.2 Å². The summed E-state index contributed by atoms with van der Waals surface area (Å²) in [6.07, 6.45) is 0. The zero-order valence-electron chi connectivity index (χ0n) is 17.1. The van der Waals surface area contributed by atoms with E-state index >= 15 is 0 Å². The molecule has 6 nitrogen and oxygen atoms in total. The highest BCUT2D eigenvalue weighted by Gasteiger charge is 2.33. The van der Waals surface area contributed by atoms with E-state index in [2.05, 4.69) is 5.32 Å². The van der Waals surface area contributed by atoms with E-state index in [0.29, 0.717) is 5.56 Å². The van der Waals surface area contributed by atoms with Crippen LogP contribution in [0.2, 0.25) is 5.02 Å². The van der Waals surface area contributed by atoms with E-state index in [4.69, 9.17) is 16.3 Å². The van der Waals surface area contributed by atoms with Crippen LogP contribution in [-0.4, -0.2) is 30.0 Å². The average Bonchev–Trinajstić information content (AvgIpc) is 2.81. The number of esters is 1. The summed E-state index contributed by atoms with van der Waals surface area (Å²) in [5.74, 6) is -2.13. The zero-order chi connectivity index (χ0) is 22.8. The molecule has 0 bridgehead atoms. The molecular formula is C25H18ClNO5. The molecule has 0 aliphatic heterocycles. The van der Waals surface area contributed by atoms with Crippen molar-refractivity contribution >= 4 is 35.0 Å². The smallest absolute Gasteiger partial charge is 0.340 e. The van der Waals surface area contributed by atoms with Crippen LogP contribution in [0.25, 0.3) is 0 Å². The number of benzene rings is 3. The number of nitrogens with one attached hydrogen (secondary N) is 1. The van der Waals surface area contributed by atoms with Crippen molar-refractivity contribution in [1.82, 2.24) is 5.32 Å². The van der Waals surface area contributed by atoms with E-state index in [1.165, 1.54) is 18.2 Å². The highest BCUT2D eigenvalue weighted by Crippen LogP contribution is 2.34. The Hall–Kier alpha value is -3.77. The minimum Gasteiger partial charge on any atom is -0.452 e. The number of halogens is 1. The van der Waals surface area contributed by atoms with Gasteiger partial charge in [0.2, 0.25) is 0 Å². The molecule has 0 fully saturated rings. The normalized spacial score (nSPS) is 13.1. The fraction of sp³-hybridized carbons (Fsp3) is 0.120.